The molecule has 0 aromatic heterocycles. The predicted octanol–water partition coefficient (Wildman–Crippen LogP) is 7.63. The normalized spacial score (nSPS) is 39.0. The summed E-state index contributed by atoms with van der Waals surface area (Å²) < 4.78 is 11.5. The number of aliphatic hydroxyl groups excluding tert-OH is 1. The minimum atomic E-state index is -1.17. The molecule has 1 aliphatic heterocycles. The molecule has 4 saturated carbocycles. The fraction of sp³-hybridized carbons (Fsp3) is 0.864. The van der Waals surface area contributed by atoms with Gasteiger partial charge in [-0.3, -0.25) is 24.1 Å². The number of β-amino-alcohol motifs (C(OH)–C–C–N with tert-alkyl or cyclic N) is 1. The quantitative estimate of drug-likeness (QED) is 0.217. The molecule has 0 aromatic carbocycles. The number of fused-ring (bicyclic) bond motifs is 7. The molecule has 0 bridgehead atoms. The van der Waals surface area contributed by atoms with Gasteiger partial charge in [0.2, 0.25) is 0 Å². The lowest BCUT2D eigenvalue weighted by atomic mass is 9.36. The number of esters is 2. The zero-order valence-corrected chi connectivity index (χ0v) is 34.2. The van der Waals surface area contributed by atoms with Crippen molar-refractivity contribution >= 4 is 23.7 Å². The molecule has 6 aliphatic rings. The summed E-state index contributed by atoms with van der Waals surface area (Å²) in [6.07, 6.45) is 8.88. The molecular formula is C44H69NO8. The van der Waals surface area contributed by atoms with Crippen LogP contribution in [-0.4, -0.2) is 77.3 Å². The molecule has 1 heterocycles. The largest absolute Gasteiger partial charge is 0.481 e. The molecular weight excluding hydrogens is 670 g/mol. The van der Waals surface area contributed by atoms with Crippen LogP contribution in [0.1, 0.15) is 139 Å². The number of allylic oxidation sites excluding steroid dienone is 1. The molecule has 298 valence electrons. The second-order valence-corrected chi connectivity index (χ2v) is 20.3. The van der Waals surface area contributed by atoms with Crippen molar-refractivity contribution in [2.75, 3.05) is 26.2 Å². The minimum Gasteiger partial charge on any atom is -0.481 e. The van der Waals surface area contributed by atoms with Crippen LogP contribution in [0, 0.1) is 62.6 Å². The first-order chi connectivity index (χ1) is 24.7. The zero-order valence-electron chi connectivity index (χ0n) is 34.2. The summed E-state index contributed by atoms with van der Waals surface area (Å²) in [5.74, 6) is 0.188. The maximum atomic E-state index is 14.1. The van der Waals surface area contributed by atoms with Crippen molar-refractivity contribution in [3.8, 4) is 0 Å². The van der Waals surface area contributed by atoms with Crippen LogP contribution in [0.5, 0.6) is 0 Å². The van der Waals surface area contributed by atoms with E-state index >= 15 is 0 Å². The minimum absolute atomic E-state index is 0.0727. The Balaban J connectivity index is 1.23. The average molecular weight is 740 g/mol. The van der Waals surface area contributed by atoms with Crippen molar-refractivity contribution in [1.29, 1.82) is 0 Å². The van der Waals surface area contributed by atoms with E-state index in [1.807, 2.05) is 6.92 Å². The molecule has 0 amide bonds. The van der Waals surface area contributed by atoms with Crippen LogP contribution < -0.4 is 0 Å². The lowest BCUT2D eigenvalue weighted by Gasteiger charge is -2.69. The first-order valence-electron chi connectivity index (χ1n) is 21.0. The third kappa shape index (κ3) is 6.73. The first-order valence-corrected chi connectivity index (χ1v) is 21.0. The number of aliphatic carboxylic acids is 1. The van der Waals surface area contributed by atoms with Gasteiger partial charge in [-0.15, -0.1) is 0 Å². The van der Waals surface area contributed by atoms with E-state index in [9.17, 15) is 29.4 Å². The van der Waals surface area contributed by atoms with Crippen LogP contribution in [0.4, 0.5) is 0 Å². The number of hydrogen-bond acceptors (Lipinski definition) is 8. The third-order valence-electron chi connectivity index (χ3n) is 16.2. The van der Waals surface area contributed by atoms with E-state index in [0.717, 1.165) is 76.3 Å². The molecule has 0 spiro atoms. The maximum absolute atomic E-state index is 14.1. The van der Waals surface area contributed by atoms with Gasteiger partial charge in [0.25, 0.3) is 0 Å². The number of likely N-dealkylation sites (tertiary alicyclic amines) is 1. The van der Waals surface area contributed by atoms with Gasteiger partial charge in [-0.2, -0.15) is 0 Å². The van der Waals surface area contributed by atoms with E-state index in [-0.39, 0.29) is 58.3 Å². The number of Topliss-reactive ketones (excluding diaryl/α,β-unsaturated/α-hetero) is 1. The van der Waals surface area contributed by atoms with Gasteiger partial charge in [0, 0.05) is 30.3 Å². The Labute approximate surface area is 318 Å². The molecule has 5 aliphatic carbocycles. The van der Waals surface area contributed by atoms with Crippen LogP contribution in [0.15, 0.2) is 11.1 Å². The van der Waals surface area contributed by atoms with E-state index in [1.165, 1.54) is 5.57 Å². The Morgan fingerprint density at radius 1 is 0.943 bits per heavy atom. The van der Waals surface area contributed by atoms with Crippen molar-refractivity contribution in [2.45, 2.75) is 152 Å². The smallest absolute Gasteiger partial charge is 0.310 e. The van der Waals surface area contributed by atoms with Gasteiger partial charge in [0.15, 0.2) is 5.78 Å². The van der Waals surface area contributed by atoms with Crippen molar-refractivity contribution in [1.82, 2.24) is 4.90 Å². The molecule has 5 fully saturated rings. The van der Waals surface area contributed by atoms with Gasteiger partial charge in [0.05, 0.1) is 30.5 Å². The number of carboxylic acids is 1. The van der Waals surface area contributed by atoms with E-state index in [4.69, 9.17) is 9.47 Å². The van der Waals surface area contributed by atoms with E-state index in [0.29, 0.717) is 43.9 Å². The van der Waals surface area contributed by atoms with Gasteiger partial charge in [-0.25, -0.2) is 0 Å². The van der Waals surface area contributed by atoms with Crippen molar-refractivity contribution in [2.24, 2.45) is 62.6 Å². The molecule has 0 aromatic rings. The third-order valence-corrected chi connectivity index (χ3v) is 16.2. The van der Waals surface area contributed by atoms with Gasteiger partial charge < -0.3 is 19.7 Å². The Bertz CT molecular complexity index is 1500. The highest BCUT2D eigenvalue weighted by Gasteiger charge is 2.67. The fourth-order valence-corrected chi connectivity index (χ4v) is 13.7. The molecule has 1 saturated heterocycles. The second kappa shape index (κ2) is 14.4. The second-order valence-electron chi connectivity index (χ2n) is 20.3. The summed E-state index contributed by atoms with van der Waals surface area (Å²) in [4.78, 5) is 53.7. The summed E-state index contributed by atoms with van der Waals surface area (Å²) in [5, 5.41) is 21.9. The highest BCUT2D eigenvalue weighted by Crippen LogP contribution is 2.73. The Kier molecular flexibility index (Phi) is 10.9. The number of ether oxygens (including phenoxy) is 2. The summed E-state index contributed by atoms with van der Waals surface area (Å²) in [6, 6.07) is 0. The number of rotatable bonds is 10. The molecule has 10 atom stereocenters. The molecule has 53 heavy (non-hydrogen) atoms. The number of ketones is 1. The van der Waals surface area contributed by atoms with Gasteiger partial charge in [-0.1, -0.05) is 47.1 Å². The van der Waals surface area contributed by atoms with Crippen LogP contribution in [-0.2, 0) is 28.7 Å². The SMILES string of the molecule is CCOC(=O)C1CCCN(CC(O)C23CCC4C(CCC5C4(C)CCC4C(C)(C)C(OC(=O)CC(C)(C)C(=O)O)CCC45C)C2=C(C(C)C)C(=O)C3)C1. The van der Waals surface area contributed by atoms with Crippen molar-refractivity contribution in [3.63, 3.8) is 0 Å². The maximum Gasteiger partial charge on any atom is 0.310 e. The summed E-state index contributed by atoms with van der Waals surface area (Å²) in [7, 11) is 0. The number of hydrogen-bond donors (Lipinski definition) is 2. The lowest BCUT2D eigenvalue weighted by molar-refractivity contribution is -0.214. The number of nitrogens with zero attached hydrogens (tertiary/aromatic N) is 1. The van der Waals surface area contributed by atoms with Crippen molar-refractivity contribution < 1.29 is 38.9 Å². The highest BCUT2D eigenvalue weighted by molar-refractivity contribution is 6.00. The van der Waals surface area contributed by atoms with Gasteiger partial charge in [-0.05, 0) is 138 Å². The van der Waals surface area contributed by atoms with Crippen LogP contribution in [0.3, 0.4) is 0 Å². The number of carbonyl (C=O) groups excluding carboxylic acids is 3. The molecule has 0 radical (unpaired) electrons. The lowest BCUT2D eigenvalue weighted by Crippen LogP contribution is -2.63. The van der Waals surface area contributed by atoms with Crippen LogP contribution in [0.2, 0.25) is 0 Å². The summed E-state index contributed by atoms with van der Waals surface area (Å²) in [5.41, 5.74) is 0.481. The monoisotopic (exact) mass is 740 g/mol. The Morgan fingerprint density at radius 2 is 1.64 bits per heavy atom. The number of piperidine rings is 1. The van der Waals surface area contributed by atoms with E-state index in [1.54, 1.807) is 13.8 Å². The number of carboxylic acid groups (broad SMARTS) is 1. The van der Waals surface area contributed by atoms with E-state index in [2.05, 4.69) is 46.4 Å². The molecule has 9 heteroatoms. The summed E-state index contributed by atoms with van der Waals surface area (Å²) in [6.45, 7) is 21.2. The average Bonchev–Trinajstić information content (AvgIpc) is 3.39. The van der Waals surface area contributed by atoms with E-state index < -0.39 is 28.9 Å². The number of aliphatic hydroxyl groups is 1. The highest BCUT2D eigenvalue weighted by atomic mass is 16.5. The molecule has 10 unspecified atom stereocenters. The van der Waals surface area contributed by atoms with Crippen LogP contribution >= 0.6 is 0 Å². The Hall–Kier alpha value is -2.26. The molecule has 2 N–H and O–H groups in total. The predicted molar refractivity (Wildman–Crippen MR) is 203 cm³/mol. The van der Waals surface area contributed by atoms with Gasteiger partial charge >= 0.3 is 17.9 Å². The standard InChI is InChI=1S/C44H69NO8/c1-10-52-38(49)27-12-11-21-45(24-27)25-33(47)44-20-15-29-28(37(44)36(26(2)3)30(46)22-44)13-14-32-42(29,8)18-16-31-41(6,7)34(17-19-43(31,32)9)53-35(48)23-40(4,5)39(50)51/h26-29,31-34,47H,10-25H2,1-9H3,(H,50,51). The molecule has 6 rings (SSSR count). The first kappa shape index (κ1) is 40.4. The Morgan fingerprint density at radius 3 is 2.30 bits per heavy atom. The topological polar surface area (TPSA) is 130 Å². The molecule has 9 nitrogen and oxygen atoms in total. The van der Waals surface area contributed by atoms with Crippen LogP contribution in [0.25, 0.3) is 0 Å². The van der Waals surface area contributed by atoms with Crippen molar-refractivity contribution in [3.05, 3.63) is 11.1 Å². The zero-order chi connectivity index (χ0) is 38.9. The fourth-order valence-electron chi connectivity index (χ4n) is 13.7. The number of carbonyl (C=O) groups is 4. The summed E-state index contributed by atoms with van der Waals surface area (Å²) >= 11 is 0. The van der Waals surface area contributed by atoms with Gasteiger partial charge in [0.1, 0.15) is 6.10 Å².